The van der Waals surface area contributed by atoms with Crippen LogP contribution in [0.2, 0.25) is 0 Å². The first-order valence-electron chi connectivity index (χ1n) is 5.39. The summed E-state index contributed by atoms with van der Waals surface area (Å²) in [4.78, 5) is 15.5. The average Bonchev–Trinajstić information content (AvgIpc) is 2.75. The third-order valence-electron chi connectivity index (χ3n) is 3.35. The highest BCUT2D eigenvalue weighted by Crippen LogP contribution is 2.41. The van der Waals surface area contributed by atoms with Crippen molar-refractivity contribution in [3.8, 4) is 0 Å². The van der Waals surface area contributed by atoms with E-state index in [1.54, 1.807) is 0 Å². The van der Waals surface area contributed by atoms with Gasteiger partial charge in [-0.15, -0.1) is 12.4 Å². The molecule has 1 saturated heterocycles. The van der Waals surface area contributed by atoms with Crippen molar-refractivity contribution in [2.75, 3.05) is 13.1 Å². The summed E-state index contributed by atoms with van der Waals surface area (Å²) in [6, 6.07) is 2.93. The summed E-state index contributed by atoms with van der Waals surface area (Å²) in [6.07, 6.45) is 1.06. The van der Waals surface area contributed by atoms with E-state index in [1.807, 2.05) is 0 Å². The van der Waals surface area contributed by atoms with E-state index < -0.39 is 5.82 Å². The minimum absolute atomic E-state index is 0. The lowest BCUT2D eigenvalue weighted by Gasteiger charge is -2.06. The van der Waals surface area contributed by atoms with Crippen molar-refractivity contribution in [2.45, 2.75) is 6.04 Å². The zero-order chi connectivity index (χ0) is 11.1. The molecule has 2 unspecified atom stereocenters. The molecule has 2 aliphatic rings. The standard InChI is InChI=1S/C11H12FN3O.ClH/c12-6-1-2-9(14-3-6)11(16)15-10-7-4-13-5-8(7)10;/h1-3,7-8,10,13H,4-5H2,(H,15,16);1H. The molecular weight excluding hydrogens is 245 g/mol. The molecule has 1 aliphatic heterocycles. The Hall–Kier alpha value is -1.20. The molecule has 0 bridgehead atoms. The predicted octanol–water partition coefficient (Wildman–Crippen LogP) is 0.590. The van der Waals surface area contributed by atoms with Crippen molar-refractivity contribution in [1.29, 1.82) is 0 Å². The summed E-state index contributed by atoms with van der Waals surface area (Å²) < 4.78 is 12.6. The number of nitrogens with one attached hydrogen (secondary N) is 2. The van der Waals surface area contributed by atoms with Crippen LogP contribution >= 0.6 is 12.4 Å². The number of carbonyl (C=O) groups excluding carboxylic acids is 1. The molecule has 1 aromatic rings. The van der Waals surface area contributed by atoms with Gasteiger partial charge in [-0.3, -0.25) is 4.79 Å². The van der Waals surface area contributed by atoms with E-state index in [0.717, 1.165) is 19.3 Å². The van der Waals surface area contributed by atoms with E-state index in [4.69, 9.17) is 0 Å². The van der Waals surface area contributed by atoms with Crippen LogP contribution in [0.4, 0.5) is 4.39 Å². The fourth-order valence-electron chi connectivity index (χ4n) is 2.37. The molecule has 1 aromatic heterocycles. The van der Waals surface area contributed by atoms with E-state index >= 15 is 0 Å². The van der Waals surface area contributed by atoms with Gasteiger partial charge in [0.1, 0.15) is 11.5 Å². The summed E-state index contributed by atoms with van der Waals surface area (Å²) in [7, 11) is 0. The van der Waals surface area contributed by atoms with Gasteiger partial charge >= 0.3 is 0 Å². The SMILES string of the molecule is Cl.O=C(NC1C2CNCC21)c1ccc(F)cn1. The van der Waals surface area contributed by atoms with Crippen LogP contribution in [0.15, 0.2) is 18.3 Å². The Balaban J connectivity index is 0.00000108. The second kappa shape index (κ2) is 4.58. The van der Waals surface area contributed by atoms with Gasteiger partial charge in [0.15, 0.2) is 0 Å². The maximum Gasteiger partial charge on any atom is 0.270 e. The fourth-order valence-corrected chi connectivity index (χ4v) is 2.37. The second-order valence-electron chi connectivity index (χ2n) is 4.35. The largest absolute Gasteiger partial charge is 0.347 e. The maximum atomic E-state index is 12.6. The number of pyridine rings is 1. The number of hydrogen-bond acceptors (Lipinski definition) is 3. The lowest BCUT2D eigenvalue weighted by atomic mass is 10.3. The molecule has 17 heavy (non-hydrogen) atoms. The van der Waals surface area contributed by atoms with Crippen LogP contribution < -0.4 is 10.6 Å². The van der Waals surface area contributed by atoms with Gasteiger partial charge in [0.25, 0.3) is 5.91 Å². The molecule has 0 spiro atoms. The molecule has 1 saturated carbocycles. The van der Waals surface area contributed by atoms with Gasteiger partial charge in [0.2, 0.25) is 0 Å². The molecule has 6 heteroatoms. The van der Waals surface area contributed by atoms with E-state index in [9.17, 15) is 9.18 Å². The number of amides is 1. The van der Waals surface area contributed by atoms with Crippen LogP contribution in [-0.2, 0) is 0 Å². The maximum absolute atomic E-state index is 12.6. The molecule has 92 valence electrons. The highest BCUT2D eigenvalue weighted by atomic mass is 35.5. The third-order valence-corrected chi connectivity index (χ3v) is 3.35. The topological polar surface area (TPSA) is 54.0 Å². The number of piperidine rings is 1. The molecule has 4 nitrogen and oxygen atoms in total. The van der Waals surface area contributed by atoms with Crippen LogP contribution in [0.5, 0.6) is 0 Å². The van der Waals surface area contributed by atoms with Crippen molar-refractivity contribution < 1.29 is 9.18 Å². The number of aromatic nitrogens is 1. The molecule has 0 aromatic carbocycles. The predicted molar refractivity (Wildman–Crippen MR) is 62.5 cm³/mol. The monoisotopic (exact) mass is 257 g/mol. The van der Waals surface area contributed by atoms with Crippen LogP contribution in [0.1, 0.15) is 10.5 Å². The zero-order valence-electron chi connectivity index (χ0n) is 9.02. The van der Waals surface area contributed by atoms with Crippen molar-refractivity contribution in [3.05, 3.63) is 29.8 Å². The smallest absolute Gasteiger partial charge is 0.270 e. The summed E-state index contributed by atoms with van der Waals surface area (Å²) in [5.74, 6) is 0.511. The third kappa shape index (κ3) is 2.25. The Morgan fingerprint density at radius 2 is 2.12 bits per heavy atom. The number of nitrogens with zero attached hydrogens (tertiary/aromatic N) is 1. The van der Waals surface area contributed by atoms with Crippen LogP contribution in [0, 0.1) is 17.7 Å². The van der Waals surface area contributed by atoms with Gasteiger partial charge in [-0.2, -0.15) is 0 Å². The highest BCUT2D eigenvalue weighted by Gasteiger charge is 2.53. The molecule has 2 N–H and O–H groups in total. The van der Waals surface area contributed by atoms with E-state index in [1.165, 1.54) is 12.1 Å². The Kier molecular flexibility index (Phi) is 3.31. The minimum atomic E-state index is -0.427. The van der Waals surface area contributed by atoms with Crippen LogP contribution in [0.25, 0.3) is 0 Å². The van der Waals surface area contributed by atoms with Gasteiger partial charge in [-0.25, -0.2) is 9.37 Å². The van der Waals surface area contributed by atoms with Crippen molar-refractivity contribution in [1.82, 2.24) is 15.6 Å². The molecule has 1 amide bonds. The van der Waals surface area contributed by atoms with Gasteiger partial charge in [0, 0.05) is 19.1 Å². The lowest BCUT2D eigenvalue weighted by Crippen LogP contribution is -2.32. The molecular formula is C11H13ClFN3O. The van der Waals surface area contributed by atoms with Crippen molar-refractivity contribution >= 4 is 18.3 Å². The normalized spacial score (nSPS) is 29.1. The summed E-state index contributed by atoms with van der Waals surface area (Å²) >= 11 is 0. The number of fused-ring (bicyclic) bond motifs is 1. The van der Waals surface area contributed by atoms with Gasteiger partial charge in [-0.1, -0.05) is 0 Å². The zero-order valence-corrected chi connectivity index (χ0v) is 9.84. The Morgan fingerprint density at radius 3 is 2.71 bits per heavy atom. The lowest BCUT2D eigenvalue weighted by molar-refractivity contribution is 0.0941. The number of hydrogen-bond donors (Lipinski definition) is 2. The number of halogens is 2. The quantitative estimate of drug-likeness (QED) is 0.815. The second-order valence-corrected chi connectivity index (χ2v) is 4.35. The first-order valence-corrected chi connectivity index (χ1v) is 5.39. The van der Waals surface area contributed by atoms with Gasteiger partial charge in [0.05, 0.1) is 6.20 Å². The Morgan fingerprint density at radius 1 is 1.41 bits per heavy atom. The summed E-state index contributed by atoms with van der Waals surface area (Å²) in [6.45, 7) is 1.96. The van der Waals surface area contributed by atoms with Gasteiger partial charge < -0.3 is 10.6 Å². The van der Waals surface area contributed by atoms with E-state index in [0.29, 0.717) is 11.8 Å². The molecule has 1 aliphatic carbocycles. The van der Waals surface area contributed by atoms with Crippen molar-refractivity contribution in [2.24, 2.45) is 11.8 Å². The number of rotatable bonds is 2. The molecule has 2 fully saturated rings. The molecule has 0 radical (unpaired) electrons. The fraction of sp³-hybridized carbons (Fsp3) is 0.455. The number of carbonyl (C=O) groups is 1. The highest BCUT2D eigenvalue weighted by molar-refractivity contribution is 5.92. The van der Waals surface area contributed by atoms with Crippen molar-refractivity contribution in [3.63, 3.8) is 0 Å². The van der Waals surface area contributed by atoms with E-state index in [2.05, 4.69) is 15.6 Å². The first-order chi connectivity index (χ1) is 7.75. The van der Waals surface area contributed by atoms with Gasteiger partial charge in [-0.05, 0) is 24.0 Å². The Bertz CT molecular complexity index is 415. The molecule has 2 heterocycles. The van der Waals surface area contributed by atoms with Crippen LogP contribution in [-0.4, -0.2) is 30.0 Å². The Labute approximate surface area is 104 Å². The summed E-state index contributed by atoms with van der Waals surface area (Å²) in [5, 5.41) is 6.18. The first kappa shape index (κ1) is 12.3. The average molecular weight is 258 g/mol. The molecule has 2 atom stereocenters. The van der Waals surface area contributed by atoms with Crippen LogP contribution in [0.3, 0.4) is 0 Å². The molecule has 3 rings (SSSR count). The summed E-state index contributed by atoms with van der Waals surface area (Å²) in [5.41, 5.74) is 0.277. The van der Waals surface area contributed by atoms with E-state index in [-0.39, 0.29) is 30.0 Å². The minimum Gasteiger partial charge on any atom is -0.347 e.